The first-order valence-electron chi connectivity index (χ1n) is 11.8. The van der Waals surface area contributed by atoms with Crippen LogP contribution in [0.1, 0.15) is 48.6 Å². The van der Waals surface area contributed by atoms with E-state index in [0.717, 1.165) is 5.56 Å². The highest BCUT2D eigenvalue weighted by Gasteiger charge is 2.29. The van der Waals surface area contributed by atoms with Gasteiger partial charge in [0.25, 0.3) is 11.5 Å². The maximum absolute atomic E-state index is 13.8. The molecule has 1 heterocycles. The number of rotatable bonds is 7. The van der Waals surface area contributed by atoms with Crippen LogP contribution in [-0.4, -0.2) is 34.0 Å². The lowest BCUT2D eigenvalue weighted by Gasteiger charge is -2.32. The third-order valence-electron chi connectivity index (χ3n) is 6.09. The molecule has 1 amide bonds. The number of ether oxygens (including phenoxy) is 1. The van der Waals surface area contributed by atoms with E-state index in [1.165, 1.54) is 0 Å². The minimum atomic E-state index is -0.478. The van der Waals surface area contributed by atoms with Crippen LogP contribution in [0.3, 0.4) is 0 Å². The van der Waals surface area contributed by atoms with Crippen molar-refractivity contribution < 1.29 is 9.53 Å². The van der Waals surface area contributed by atoms with Crippen molar-refractivity contribution >= 4 is 16.8 Å². The Bertz CT molecular complexity index is 1410. The summed E-state index contributed by atoms with van der Waals surface area (Å²) < 4.78 is 7.17. The molecular weight excluding hydrogens is 438 g/mol. The summed E-state index contributed by atoms with van der Waals surface area (Å²) >= 11 is 0. The van der Waals surface area contributed by atoms with Crippen LogP contribution >= 0.6 is 0 Å². The Hall–Kier alpha value is -3.93. The number of nitrogens with zero attached hydrogens (tertiary/aromatic N) is 3. The summed E-state index contributed by atoms with van der Waals surface area (Å²) in [6.07, 6.45) is 0. The van der Waals surface area contributed by atoms with Crippen molar-refractivity contribution in [1.29, 1.82) is 0 Å². The van der Waals surface area contributed by atoms with Crippen LogP contribution in [0.5, 0.6) is 5.75 Å². The highest BCUT2D eigenvalue weighted by Crippen LogP contribution is 2.29. The Morgan fingerprint density at radius 3 is 2.31 bits per heavy atom. The Kier molecular flexibility index (Phi) is 7.01. The first kappa shape index (κ1) is 24.2. The van der Waals surface area contributed by atoms with Gasteiger partial charge in [-0.15, -0.1) is 0 Å². The second-order valence-electron chi connectivity index (χ2n) is 9.19. The number of hydrogen-bond donors (Lipinski definition) is 0. The minimum Gasteiger partial charge on any atom is -0.495 e. The summed E-state index contributed by atoms with van der Waals surface area (Å²) in [6, 6.07) is 21.7. The molecule has 4 aromatic rings. The molecule has 1 atom stereocenters. The number of benzene rings is 3. The third kappa shape index (κ3) is 4.83. The number of para-hydroxylation sites is 3. The Balaban J connectivity index is 1.94. The molecule has 3 aromatic carbocycles. The maximum atomic E-state index is 13.8. The standard InChI is InChI=1S/C29H31N3O3/c1-19(2)18-31(28(33)22-16-14-20(3)15-17-22)21(4)27-30-24-11-7-6-10-23(24)29(34)32(27)25-12-8-9-13-26(25)35-5/h6-17,19,21H,18H2,1-5H3. The molecular formula is C29H31N3O3. The number of methoxy groups -OCH3 is 1. The van der Waals surface area contributed by atoms with Gasteiger partial charge in [0, 0.05) is 12.1 Å². The zero-order valence-corrected chi connectivity index (χ0v) is 20.9. The maximum Gasteiger partial charge on any atom is 0.266 e. The van der Waals surface area contributed by atoms with Gasteiger partial charge in [-0.1, -0.05) is 55.8 Å². The van der Waals surface area contributed by atoms with Crippen LogP contribution in [0, 0.1) is 12.8 Å². The van der Waals surface area contributed by atoms with E-state index < -0.39 is 6.04 Å². The molecule has 0 aliphatic carbocycles. The Labute approximate surface area is 205 Å². The lowest BCUT2D eigenvalue weighted by Crippen LogP contribution is -2.39. The van der Waals surface area contributed by atoms with Gasteiger partial charge in [0.05, 0.1) is 29.7 Å². The predicted octanol–water partition coefficient (Wildman–Crippen LogP) is 5.56. The normalized spacial score (nSPS) is 12.1. The van der Waals surface area contributed by atoms with Crippen molar-refractivity contribution in [2.24, 2.45) is 5.92 Å². The summed E-state index contributed by atoms with van der Waals surface area (Å²) in [5.41, 5.74) is 2.68. The zero-order valence-electron chi connectivity index (χ0n) is 20.9. The highest BCUT2D eigenvalue weighted by molar-refractivity contribution is 5.94. The number of hydrogen-bond acceptors (Lipinski definition) is 4. The third-order valence-corrected chi connectivity index (χ3v) is 6.09. The topological polar surface area (TPSA) is 64.4 Å². The Morgan fingerprint density at radius 2 is 1.63 bits per heavy atom. The zero-order chi connectivity index (χ0) is 25.1. The molecule has 35 heavy (non-hydrogen) atoms. The van der Waals surface area contributed by atoms with Gasteiger partial charge in [-0.3, -0.25) is 14.2 Å². The van der Waals surface area contributed by atoms with Crippen LogP contribution in [0.15, 0.2) is 77.6 Å². The molecule has 6 nitrogen and oxygen atoms in total. The van der Waals surface area contributed by atoms with Crippen LogP contribution in [0.25, 0.3) is 16.6 Å². The number of carbonyl (C=O) groups excluding carboxylic acids is 1. The highest BCUT2D eigenvalue weighted by atomic mass is 16.5. The van der Waals surface area contributed by atoms with Gasteiger partial charge in [-0.25, -0.2) is 4.98 Å². The molecule has 0 radical (unpaired) electrons. The molecule has 0 aliphatic heterocycles. The van der Waals surface area contributed by atoms with Gasteiger partial charge in [0.15, 0.2) is 0 Å². The number of carbonyl (C=O) groups is 1. The van der Waals surface area contributed by atoms with Gasteiger partial charge in [-0.05, 0) is 56.2 Å². The lowest BCUT2D eigenvalue weighted by atomic mass is 10.1. The Morgan fingerprint density at radius 1 is 0.971 bits per heavy atom. The molecule has 1 unspecified atom stereocenters. The van der Waals surface area contributed by atoms with Crippen LogP contribution in [0.4, 0.5) is 0 Å². The fraction of sp³-hybridized carbons (Fsp3) is 0.276. The van der Waals surface area contributed by atoms with Crippen molar-refractivity contribution in [3.8, 4) is 11.4 Å². The molecule has 180 valence electrons. The van der Waals surface area contributed by atoms with Crippen molar-refractivity contribution in [3.63, 3.8) is 0 Å². The quantitative estimate of drug-likeness (QED) is 0.355. The van der Waals surface area contributed by atoms with E-state index in [1.807, 2.05) is 80.6 Å². The van der Waals surface area contributed by atoms with E-state index in [1.54, 1.807) is 22.6 Å². The van der Waals surface area contributed by atoms with Crippen LogP contribution < -0.4 is 10.3 Å². The lowest BCUT2D eigenvalue weighted by molar-refractivity contribution is 0.0655. The van der Waals surface area contributed by atoms with Crippen molar-refractivity contribution in [2.75, 3.05) is 13.7 Å². The monoisotopic (exact) mass is 469 g/mol. The van der Waals surface area contributed by atoms with E-state index in [-0.39, 0.29) is 17.4 Å². The summed E-state index contributed by atoms with van der Waals surface area (Å²) in [4.78, 5) is 34.2. The molecule has 1 aromatic heterocycles. The first-order valence-corrected chi connectivity index (χ1v) is 11.8. The number of amides is 1. The molecule has 4 rings (SSSR count). The van der Waals surface area contributed by atoms with Gasteiger partial charge >= 0.3 is 0 Å². The van der Waals surface area contributed by atoms with Gasteiger partial charge in [-0.2, -0.15) is 0 Å². The average Bonchev–Trinajstić information content (AvgIpc) is 2.87. The largest absolute Gasteiger partial charge is 0.495 e. The first-order chi connectivity index (χ1) is 16.8. The van der Waals surface area contributed by atoms with E-state index >= 15 is 0 Å². The number of aryl methyl sites for hydroxylation is 1. The summed E-state index contributed by atoms with van der Waals surface area (Å²) in [7, 11) is 1.58. The number of fused-ring (bicyclic) bond motifs is 1. The molecule has 0 N–H and O–H groups in total. The molecule has 0 fully saturated rings. The number of aromatic nitrogens is 2. The van der Waals surface area contributed by atoms with E-state index in [4.69, 9.17) is 9.72 Å². The minimum absolute atomic E-state index is 0.0971. The van der Waals surface area contributed by atoms with E-state index in [0.29, 0.717) is 40.3 Å². The fourth-order valence-corrected chi connectivity index (χ4v) is 4.29. The fourth-order valence-electron chi connectivity index (χ4n) is 4.29. The summed E-state index contributed by atoms with van der Waals surface area (Å²) in [6.45, 7) is 8.58. The molecule has 0 saturated carbocycles. The van der Waals surface area contributed by atoms with E-state index in [2.05, 4.69) is 13.8 Å². The summed E-state index contributed by atoms with van der Waals surface area (Å²) in [5.74, 6) is 1.17. The predicted molar refractivity (Wildman–Crippen MR) is 139 cm³/mol. The van der Waals surface area contributed by atoms with Crippen molar-refractivity contribution in [3.05, 3.63) is 100 Å². The SMILES string of the molecule is COc1ccccc1-n1c(C(C)N(CC(C)C)C(=O)c2ccc(C)cc2)nc2ccccc2c1=O. The van der Waals surface area contributed by atoms with Crippen LogP contribution in [0.2, 0.25) is 0 Å². The van der Waals surface area contributed by atoms with Crippen molar-refractivity contribution in [2.45, 2.75) is 33.7 Å². The molecule has 0 bridgehead atoms. The second-order valence-corrected chi connectivity index (χ2v) is 9.19. The molecule has 6 heteroatoms. The van der Waals surface area contributed by atoms with Gasteiger partial charge < -0.3 is 9.64 Å². The van der Waals surface area contributed by atoms with Gasteiger partial charge in [0.1, 0.15) is 11.6 Å². The van der Waals surface area contributed by atoms with Crippen molar-refractivity contribution in [1.82, 2.24) is 14.5 Å². The van der Waals surface area contributed by atoms with Gasteiger partial charge in [0.2, 0.25) is 0 Å². The molecule has 0 spiro atoms. The second kappa shape index (κ2) is 10.1. The average molecular weight is 470 g/mol. The van der Waals surface area contributed by atoms with Crippen LogP contribution in [-0.2, 0) is 0 Å². The summed E-state index contributed by atoms with van der Waals surface area (Å²) in [5, 5.41) is 0.509. The smallest absolute Gasteiger partial charge is 0.266 e. The van der Waals surface area contributed by atoms with E-state index in [9.17, 15) is 9.59 Å². The molecule has 0 aliphatic rings. The molecule has 0 saturated heterocycles.